The van der Waals surface area contributed by atoms with Crippen LogP contribution in [-0.4, -0.2) is 56.1 Å². The highest BCUT2D eigenvalue weighted by Crippen LogP contribution is 2.09. The highest BCUT2D eigenvalue weighted by Gasteiger charge is 2.21. The lowest BCUT2D eigenvalue weighted by atomic mass is 10.1. The van der Waals surface area contributed by atoms with Gasteiger partial charge in [0, 0.05) is 24.5 Å². The molecular weight excluding hydrogens is 298 g/mol. The molecule has 0 atom stereocenters. The van der Waals surface area contributed by atoms with E-state index in [1.807, 2.05) is 19.9 Å². The van der Waals surface area contributed by atoms with Crippen LogP contribution in [0.5, 0.6) is 0 Å². The molecule has 3 rings (SSSR count). The molecule has 1 fully saturated rings. The van der Waals surface area contributed by atoms with Crippen LogP contribution >= 0.6 is 0 Å². The van der Waals surface area contributed by atoms with Crippen molar-refractivity contribution in [3.05, 3.63) is 23.3 Å². The summed E-state index contributed by atoms with van der Waals surface area (Å²) in [6, 6.07) is 1.84. The molecule has 0 bridgehead atoms. The van der Waals surface area contributed by atoms with Crippen LogP contribution in [0.15, 0.2) is 6.07 Å². The van der Waals surface area contributed by atoms with Crippen molar-refractivity contribution in [1.82, 2.24) is 24.5 Å². The Bertz CT molecular complexity index is 749. The SMILES string of the molecule is Cc1cc(C)n2nc(C(=O)OCC(=O)N3CCCCC3)nc2n1. The summed E-state index contributed by atoms with van der Waals surface area (Å²) in [5.74, 6) is -0.626. The maximum atomic E-state index is 12.0. The Morgan fingerprint density at radius 3 is 2.65 bits per heavy atom. The van der Waals surface area contributed by atoms with Crippen LogP contribution in [0.1, 0.15) is 41.3 Å². The van der Waals surface area contributed by atoms with Crippen molar-refractivity contribution in [2.24, 2.45) is 0 Å². The Morgan fingerprint density at radius 1 is 1.17 bits per heavy atom. The molecule has 0 aromatic carbocycles. The van der Waals surface area contributed by atoms with Crippen LogP contribution in [0, 0.1) is 13.8 Å². The lowest BCUT2D eigenvalue weighted by molar-refractivity contribution is -0.135. The second-order valence-electron chi connectivity index (χ2n) is 5.70. The molecule has 1 aliphatic heterocycles. The molecule has 2 aromatic rings. The molecule has 0 N–H and O–H groups in total. The highest BCUT2D eigenvalue weighted by atomic mass is 16.5. The summed E-state index contributed by atoms with van der Waals surface area (Å²) in [5.41, 5.74) is 1.62. The van der Waals surface area contributed by atoms with E-state index in [1.165, 1.54) is 4.52 Å². The number of amides is 1. The lowest BCUT2D eigenvalue weighted by Crippen LogP contribution is -2.38. The summed E-state index contributed by atoms with van der Waals surface area (Å²) >= 11 is 0. The van der Waals surface area contributed by atoms with E-state index in [0.29, 0.717) is 5.78 Å². The summed E-state index contributed by atoms with van der Waals surface area (Å²) in [5, 5.41) is 4.09. The summed E-state index contributed by atoms with van der Waals surface area (Å²) in [4.78, 5) is 34.0. The number of rotatable bonds is 3. The van der Waals surface area contributed by atoms with E-state index < -0.39 is 5.97 Å². The van der Waals surface area contributed by atoms with Gasteiger partial charge in [0.25, 0.3) is 17.5 Å². The van der Waals surface area contributed by atoms with Crippen LogP contribution in [0.2, 0.25) is 0 Å². The van der Waals surface area contributed by atoms with Gasteiger partial charge in [-0.05, 0) is 39.2 Å². The fourth-order valence-corrected chi connectivity index (χ4v) is 2.68. The zero-order valence-corrected chi connectivity index (χ0v) is 13.3. The van der Waals surface area contributed by atoms with E-state index in [9.17, 15) is 9.59 Å². The van der Waals surface area contributed by atoms with E-state index in [-0.39, 0.29) is 18.3 Å². The number of aromatic nitrogens is 4. The number of carbonyl (C=O) groups is 2. The van der Waals surface area contributed by atoms with Gasteiger partial charge in [-0.15, -0.1) is 5.10 Å². The minimum atomic E-state index is -0.710. The molecule has 2 aromatic heterocycles. The van der Waals surface area contributed by atoms with Crippen molar-refractivity contribution in [1.29, 1.82) is 0 Å². The Hall–Kier alpha value is -2.51. The second-order valence-corrected chi connectivity index (χ2v) is 5.70. The standard InChI is InChI=1S/C15H19N5O3/c1-10-8-11(2)20-15(16-10)17-13(18-20)14(22)23-9-12(21)19-6-4-3-5-7-19/h8H,3-7,9H2,1-2H3. The predicted molar refractivity (Wildman–Crippen MR) is 81.0 cm³/mol. The van der Waals surface area contributed by atoms with Gasteiger partial charge in [0.1, 0.15) is 0 Å². The highest BCUT2D eigenvalue weighted by molar-refractivity contribution is 5.88. The molecule has 23 heavy (non-hydrogen) atoms. The van der Waals surface area contributed by atoms with Crippen LogP contribution < -0.4 is 0 Å². The number of aryl methyl sites for hydroxylation is 2. The van der Waals surface area contributed by atoms with Crippen molar-refractivity contribution in [3.63, 3.8) is 0 Å². The molecule has 1 aliphatic rings. The molecule has 8 nitrogen and oxygen atoms in total. The second kappa shape index (κ2) is 6.31. The molecular formula is C15H19N5O3. The predicted octanol–water partition coefficient (Wildman–Crippen LogP) is 0.910. The van der Waals surface area contributed by atoms with Crippen molar-refractivity contribution in [2.45, 2.75) is 33.1 Å². The average Bonchev–Trinajstić information content (AvgIpc) is 2.97. The summed E-state index contributed by atoms with van der Waals surface area (Å²) in [7, 11) is 0. The van der Waals surface area contributed by atoms with Crippen molar-refractivity contribution >= 4 is 17.7 Å². The average molecular weight is 317 g/mol. The van der Waals surface area contributed by atoms with Gasteiger partial charge in [0.15, 0.2) is 6.61 Å². The molecule has 8 heteroatoms. The monoisotopic (exact) mass is 317 g/mol. The molecule has 1 saturated heterocycles. The van der Waals surface area contributed by atoms with Gasteiger partial charge in [0.2, 0.25) is 0 Å². The number of piperidine rings is 1. The number of hydrogen-bond donors (Lipinski definition) is 0. The van der Waals surface area contributed by atoms with E-state index in [1.54, 1.807) is 4.90 Å². The Morgan fingerprint density at radius 2 is 1.91 bits per heavy atom. The first-order valence-corrected chi connectivity index (χ1v) is 7.70. The molecule has 0 saturated carbocycles. The molecule has 0 unspecified atom stereocenters. The van der Waals surface area contributed by atoms with E-state index >= 15 is 0 Å². The Labute approximate surface area is 133 Å². The molecule has 3 heterocycles. The Balaban J connectivity index is 1.66. The summed E-state index contributed by atoms with van der Waals surface area (Å²) in [6.07, 6.45) is 3.14. The van der Waals surface area contributed by atoms with E-state index in [2.05, 4.69) is 15.1 Å². The zero-order chi connectivity index (χ0) is 16.4. The molecule has 122 valence electrons. The zero-order valence-electron chi connectivity index (χ0n) is 13.3. The smallest absolute Gasteiger partial charge is 0.378 e. The third-order valence-electron chi connectivity index (χ3n) is 3.84. The minimum absolute atomic E-state index is 0.0855. The number of carbonyl (C=O) groups excluding carboxylic acids is 2. The van der Waals surface area contributed by atoms with E-state index in [0.717, 1.165) is 43.7 Å². The van der Waals surface area contributed by atoms with Crippen LogP contribution in [-0.2, 0) is 9.53 Å². The van der Waals surface area contributed by atoms with E-state index in [4.69, 9.17) is 4.74 Å². The Kier molecular flexibility index (Phi) is 4.22. The largest absolute Gasteiger partial charge is 0.450 e. The number of esters is 1. The third-order valence-corrected chi connectivity index (χ3v) is 3.84. The first-order chi connectivity index (χ1) is 11.0. The van der Waals surface area contributed by atoms with Gasteiger partial charge in [0.05, 0.1) is 0 Å². The number of likely N-dealkylation sites (tertiary alicyclic amines) is 1. The van der Waals surface area contributed by atoms with Crippen LogP contribution in [0.4, 0.5) is 0 Å². The summed E-state index contributed by atoms with van der Waals surface area (Å²) < 4.78 is 6.53. The summed E-state index contributed by atoms with van der Waals surface area (Å²) in [6.45, 7) is 4.87. The maximum absolute atomic E-state index is 12.0. The van der Waals surface area contributed by atoms with Crippen molar-refractivity contribution in [2.75, 3.05) is 19.7 Å². The number of nitrogens with zero attached hydrogens (tertiary/aromatic N) is 5. The van der Waals surface area contributed by atoms with Crippen molar-refractivity contribution in [3.8, 4) is 0 Å². The topological polar surface area (TPSA) is 89.7 Å². The lowest BCUT2D eigenvalue weighted by Gasteiger charge is -2.26. The number of fused-ring (bicyclic) bond motifs is 1. The quantitative estimate of drug-likeness (QED) is 0.782. The maximum Gasteiger partial charge on any atom is 0.378 e. The van der Waals surface area contributed by atoms with Gasteiger partial charge < -0.3 is 9.64 Å². The van der Waals surface area contributed by atoms with Gasteiger partial charge >= 0.3 is 5.97 Å². The minimum Gasteiger partial charge on any atom is -0.450 e. The molecule has 0 spiro atoms. The number of ether oxygens (including phenoxy) is 1. The molecule has 0 aliphatic carbocycles. The fourth-order valence-electron chi connectivity index (χ4n) is 2.68. The molecule has 0 radical (unpaired) electrons. The van der Waals surface area contributed by atoms with Crippen LogP contribution in [0.3, 0.4) is 0 Å². The van der Waals surface area contributed by atoms with Gasteiger partial charge in [-0.3, -0.25) is 4.79 Å². The van der Waals surface area contributed by atoms with Crippen molar-refractivity contribution < 1.29 is 14.3 Å². The third kappa shape index (κ3) is 3.30. The van der Waals surface area contributed by atoms with Gasteiger partial charge in [-0.1, -0.05) is 0 Å². The van der Waals surface area contributed by atoms with Crippen LogP contribution in [0.25, 0.3) is 5.78 Å². The normalized spacial score (nSPS) is 15.0. The fraction of sp³-hybridized carbons (Fsp3) is 0.533. The first-order valence-electron chi connectivity index (χ1n) is 7.70. The van der Waals surface area contributed by atoms with Gasteiger partial charge in [-0.25, -0.2) is 14.3 Å². The first kappa shape index (κ1) is 15.4. The molecule has 1 amide bonds. The number of hydrogen-bond acceptors (Lipinski definition) is 6. The van der Waals surface area contributed by atoms with Gasteiger partial charge in [-0.2, -0.15) is 4.98 Å².